The molecule has 10 heteroatoms. The lowest BCUT2D eigenvalue weighted by atomic mass is 10.3. The van der Waals surface area contributed by atoms with Crippen LogP contribution in [0.1, 0.15) is 5.82 Å². The van der Waals surface area contributed by atoms with Crippen LogP contribution in [0.4, 0.5) is 11.9 Å². The van der Waals surface area contributed by atoms with Crippen molar-refractivity contribution in [3.05, 3.63) is 5.82 Å². The summed E-state index contributed by atoms with van der Waals surface area (Å²) < 4.78 is 0. The van der Waals surface area contributed by atoms with Crippen LogP contribution in [0.15, 0.2) is 0 Å². The molecule has 0 saturated heterocycles. The SMILES string of the molecule is Nc1nc(N)nc(CSCC(NC=O)C(=O)O)n1. The zero-order valence-electron chi connectivity index (χ0n) is 9.24. The molecule has 18 heavy (non-hydrogen) atoms. The zero-order chi connectivity index (χ0) is 13.5. The molecule has 1 unspecified atom stereocenters. The van der Waals surface area contributed by atoms with Crippen molar-refractivity contribution in [3.8, 4) is 0 Å². The molecule has 0 bridgehead atoms. The van der Waals surface area contributed by atoms with Gasteiger partial charge in [0.2, 0.25) is 18.3 Å². The van der Waals surface area contributed by atoms with E-state index in [0.29, 0.717) is 18.0 Å². The van der Waals surface area contributed by atoms with E-state index in [1.165, 1.54) is 11.8 Å². The molecule has 0 aliphatic heterocycles. The first-order chi connectivity index (χ1) is 8.52. The van der Waals surface area contributed by atoms with Crippen LogP contribution in [0.25, 0.3) is 0 Å². The number of nitrogens with one attached hydrogen (secondary N) is 1. The summed E-state index contributed by atoms with van der Waals surface area (Å²) in [5.74, 6) is -0.219. The number of amides is 1. The lowest BCUT2D eigenvalue weighted by Gasteiger charge is -2.10. The highest BCUT2D eigenvalue weighted by atomic mass is 32.2. The summed E-state index contributed by atoms with van der Waals surface area (Å²) in [5.41, 5.74) is 10.8. The molecule has 6 N–H and O–H groups in total. The molecule has 1 aromatic heterocycles. The van der Waals surface area contributed by atoms with Crippen molar-refractivity contribution in [2.45, 2.75) is 11.8 Å². The summed E-state index contributed by atoms with van der Waals surface area (Å²) in [6.45, 7) is 0. The summed E-state index contributed by atoms with van der Waals surface area (Å²) in [7, 11) is 0. The van der Waals surface area contributed by atoms with E-state index in [9.17, 15) is 9.59 Å². The Morgan fingerprint density at radius 2 is 2.00 bits per heavy atom. The second kappa shape index (κ2) is 6.59. The highest BCUT2D eigenvalue weighted by molar-refractivity contribution is 7.98. The second-order valence-corrected chi connectivity index (χ2v) is 4.19. The van der Waals surface area contributed by atoms with Gasteiger partial charge in [0.15, 0.2) is 0 Å². The zero-order valence-corrected chi connectivity index (χ0v) is 10.1. The van der Waals surface area contributed by atoms with Crippen molar-refractivity contribution in [2.24, 2.45) is 0 Å². The summed E-state index contributed by atoms with van der Waals surface area (Å²) in [5, 5.41) is 11.0. The van der Waals surface area contributed by atoms with Crippen molar-refractivity contribution in [2.75, 3.05) is 17.2 Å². The number of carboxylic acids is 1. The normalized spacial score (nSPS) is 11.8. The quantitative estimate of drug-likeness (QED) is 0.432. The molecule has 98 valence electrons. The van der Waals surface area contributed by atoms with Gasteiger partial charge in [-0.3, -0.25) is 4.79 Å². The molecule has 0 radical (unpaired) electrons. The van der Waals surface area contributed by atoms with Gasteiger partial charge in [-0.05, 0) is 0 Å². The number of nitrogens with two attached hydrogens (primary N) is 2. The van der Waals surface area contributed by atoms with E-state index in [4.69, 9.17) is 16.6 Å². The number of hydrogen-bond acceptors (Lipinski definition) is 8. The molecule has 9 nitrogen and oxygen atoms in total. The topological polar surface area (TPSA) is 157 Å². The maximum atomic E-state index is 10.7. The van der Waals surface area contributed by atoms with Crippen LogP contribution in [0, 0.1) is 0 Å². The number of aromatic nitrogens is 3. The van der Waals surface area contributed by atoms with Gasteiger partial charge in [-0.2, -0.15) is 26.7 Å². The number of carbonyl (C=O) groups is 2. The van der Waals surface area contributed by atoms with E-state index in [-0.39, 0.29) is 17.6 Å². The highest BCUT2D eigenvalue weighted by Gasteiger charge is 2.16. The standard InChI is InChI=1S/C8H12N6O3S/c9-7-12-5(13-8(10)14-7)2-18-1-4(6(16)17)11-3-15/h3-4H,1-2H2,(H,11,15)(H,16,17)(H4,9,10,12,13,14). The summed E-state index contributed by atoms with van der Waals surface area (Å²) in [4.78, 5) is 32.2. The maximum Gasteiger partial charge on any atom is 0.327 e. The Morgan fingerprint density at radius 3 is 2.50 bits per heavy atom. The van der Waals surface area contributed by atoms with Crippen LogP contribution in [-0.2, 0) is 15.3 Å². The molecule has 1 amide bonds. The number of carbonyl (C=O) groups excluding carboxylic acids is 1. The van der Waals surface area contributed by atoms with Gasteiger partial charge in [-0.1, -0.05) is 0 Å². The van der Waals surface area contributed by atoms with Gasteiger partial charge in [0.05, 0.1) is 5.75 Å². The number of nitrogens with zero attached hydrogens (tertiary/aromatic N) is 3. The Bertz CT molecular complexity index is 423. The van der Waals surface area contributed by atoms with Crippen molar-refractivity contribution < 1.29 is 14.7 Å². The molecule has 0 spiro atoms. The van der Waals surface area contributed by atoms with Crippen LogP contribution >= 0.6 is 11.8 Å². The number of carboxylic acid groups (broad SMARTS) is 1. The third kappa shape index (κ3) is 4.41. The highest BCUT2D eigenvalue weighted by Crippen LogP contribution is 2.11. The minimum atomic E-state index is -1.11. The lowest BCUT2D eigenvalue weighted by Crippen LogP contribution is -2.37. The van der Waals surface area contributed by atoms with E-state index in [1.807, 2.05) is 0 Å². The molecule has 1 aromatic rings. The third-order valence-electron chi connectivity index (χ3n) is 1.80. The van der Waals surface area contributed by atoms with Crippen molar-refractivity contribution in [3.63, 3.8) is 0 Å². The van der Waals surface area contributed by atoms with E-state index in [1.54, 1.807) is 0 Å². The van der Waals surface area contributed by atoms with Gasteiger partial charge < -0.3 is 21.9 Å². The Labute approximate surface area is 106 Å². The number of aliphatic carboxylic acids is 1. The first-order valence-electron chi connectivity index (χ1n) is 4.79. The number of nitrogen functional groups attached to an aromatic ring is 2. The molecule has 0 aliphatic rings. The van der Waals surface area contributed by atoms with Gasteiger partial charge in [0, 0.05) is 5.75 Å². The fourth-order valence-electron chi connectivity index (χ4n) is 1.06. The van der Waals surface area contributed by atoms with E-state index in [0.717, 1.165) is 0 Å². The molecule has 1 heterocycles. The molecule has 1 rings (SSSR count). The Morgan fingerprint density at radius 1 is 1.39 bits per heavy atom. The first kappa shape index (κ1) is 14.0. The van der Waals surface area contributed by atoms with Crippen LogP contribution in [-0.4, -0.2) is 44.2 Å². The smallest absolute Gasteiger partial charge is 0.327 e. The van der Waals surface area contributed by atoms with Gasteiger partial charge in [0.1, 0.15) is 11.9 Å². The number of rotatable bonds is 7. The molecular formula is C8H12N6O3S. The Balaban J connectivity index is 2.49. The molecule has 0 aliphatic carbocycles. The predicted octanol–water partition coefficient (Wildman–Crippen LogP) is -1.53. The van der Waals surface area contributed by atoms with Gasteiger partial charge in [-0.15, -0.1) is 0 Å². The van der Waals surface area contributed by atoms with Crippen LogP contribution < -0.4 is 16.8 Å². The largest absolute Gasteiger partial charge is 0.480 e. The van der Waals surface area contributed by atoms with Crippen LogP contribution in [0.2, 0.25) is 0 Å². The third-order valence-corrected chi connectivity index (χ3v) is 2.83. The van der Waals surface area contributed by atoms with Gasteiger partial charge >= 0.3 is 5.97 Å². The average molecular weight is 272 g/mol. The number of anilines is 2. The average Bonchev–Trinajstić information content (AvgIpc) is 2.26. The van der Waals surface area contributed by atoms with Crippen molar-refractivity contribution >= 4 is 36.0 Å². The number of hydrogen-bond donors (Lipinski definition) is 4. The monoisotopic (exact) mass is 272 g/mol. The Hall–Kier alpha value is -2.10. The summed E-state index contributed by atoms with van der Waals surface area (Å²) in [6, 6.07) is -0.955. The van der Waals surface area contributed by atoms with E-state index >= 15 is 0 Å². The second-order valence-electron chi connectivity index (χ2n) is 3.16. The number of thioether (sulfide) groups is 1. The van der Waals surface area contributed by atoms with E-state index in [2.05, 4.69) is 20.3 Å². The fraction of sp³-hybridized carbons (Fsp3) is 0.375. The Kier molecular flexibility index (Phi) is 5.11. The predicted molar refractivity (Wildman–Crippen MR) is 65.4 cm³/mol. The van der Waals surface area contributed by atoms with Gasteiger partial charge in [-0.25, -0.2) is 4.79 Å². The summed E-state index contributed by atoms with van der Waals surface area (Å²) >= 11 is 1.23. The minimum absolute atomic E-state index is 0.0129. The molecule has 0 fully saturated rings. The molecule has 0 aromatic carbocycles. The van der Waals surface area contributed by atoms with Crippen LogP contribution in [0.5, 0.6) is 0 Å². The van der Waals surface area contributed by atoms with Crippen molar-refractivity contribution in [1.82, 2.24) is 20.3 Å². The molecular weight excluding hydrogens is 260 g/mol. The summed E-state index contributed by atoms with van der Waals surface area (Å²) in [6.07, 6.45) is 0.345. The van der Waals surface area contributed by atoms with Crippen molar-refractivity contribution in [1.29, 1.82) is 0 Å². The maximum absolute atomic E-state index is 10.7. The molecule has 1 atom stereocenters. The van der Waals surface area contributed by atoms with E-state index < -0.39 is 12.0 Å². The first-order valence-corrected chi connectivity index (χ1v) is 5.94. The lowest BCUT2D eigenvalue weighted by molar-refractivity contribution is -0.139. The fourth-order valence-corrected chi connectivity index (χ4v) is 1.97. The van der Waals surface area contributed by atoms with Gasteiger partial charge in [0.25, 0.3) is 0 Å². The molecule has 0 saturated carbocycles. The van der Waals surface area contributed by atoms with Crippen LogP contribution in [0.3, 0.4) is 0 Å². The minimum Gasteiger partial charge on any atom is -0.480 e.